The number of rotatable bonds is 17. The fraction of sp³-hybridized carbons (Fsp3) is 0.500. The Morgan fingerprint density at radius 1 is 1.00 bits per heavy atom. The highest BCUT2D eigenvalue weighted by Gasteiger charge is 2.78. The van der Waals surface area contributed by atoms with E-state index in [-0.39, 0.29) is 24.2 Å². The summed E-state index contributed by atoms with van der Waals surface area (Å²) >= 11 is 0. The van der Waals surface area contributed by atoms with Gasteiger partial charge in [-0.15, -0.1) is 0 Å². The van der Waals surface area contributed by atoms with Crippen LogP contribution in [0.2, 0.25) is 0 Å². The minimum absolute atomic E-state index is 0.00286. The maximum Gasteiger partial charge on any atom is 0.254 e. The highest BCUT2D eigenvalue weighted by atomic mass is 32.2. The van der Waals surface area contributed by atoms with E-state index in [0.29, 0.717) is 17.5 Å². The van der Waals surface area contributed by atoms with Crippen molar-refractivity contribution in [3.8, 4) is 11.1 Å². The molecule has 0 aromatic heterocycles. The smallest absolute Gasteiger partial charge is 0.254 e. The fourth-order valence-electron chi connectivity index (χ4n) is 5.23. The molecule has 2 aromatic carbocycles. The Bertz CT molecular complexity index is 1540. The van der Waals surface area contributed by atoms with E-state index in [9.17, 15) is 27.6 Å². The lowest BCUT2D eigenvalue weighted by molar-refractivity contribution is -0.134. The number of unbranched alkanes of at least 4 members (excludes halogenated alkanes) is 2. The average Bonchev–Trinajstić information content (AvgIpc) is 3.59. The van der Waals surface area contributed by atoms with Crippen LogP contribution in [0.3, 0.4) is 0 Å². The van der Waals surface area contributed by atoms with Crippen molar-refractivity contribution in [2.45, 2.75) is 95.4 Å². The SMILES string of the molecule is CCCCCC(=O)[C](c1ccccc1-c1ccccc1)[C@]1(NC(=O)[C@@H](NC(=O)COC(C)C)C(C)(C)S(C)(=O)=O)O[C@]1(C)C(N)=O. The van der Waals surface area contributed by atoms with Crippen LogP contribution in [-0.4, -0.2) is 73.0 Å². The Balaban J connectivity index is 2.20. The lowest BCUT2D eigenvalue weighted by Crippen LogP contribution is -2.64. The van der Waals surface area contributed by atoms with E-state index in [1.165, 1.54) is 20.8 Å². The quantitative estimate of drug-likeness (QED) is 0.172. The minimum Gasteiger partial charge on any atom is -0.369 e. The van der Waals surface area contributed by atoms with E-state index in [1.807, 2.05) is 43.3 Å². The Labute approximate surface area is 271 Å². The number of carbonyl (C=O) groups excluding carboxylic acids is 4. The summed E-state index contributed by atoms with van der Waals surface area (Å²) in [4.78, 5) is 54.3. The summed E-state index contributed by atoms with van der Waals surface area (Å²) in [5.74, 6) is -3.05. The van der Waals surface area contributed by atoms with E-state index >= 15 is 0 Å². The summed E-state index contributed by atoms with van der Waals surface area (Å²) in [5.41, 5.74) is 3.70. The third kappa shape index (κ3) is 7.67. The molecule has 3 atom stereocenters. The number of ketones is 1. The molecule has 1 saturated heterocycles. The predicted octanol–water partition coefficient (Wildman–Crippen LogP) is 3.25. The summed E-state index contributed by atoms with van der Waals surface area (Å²) in [6.07, 6.45) is 2.89. The van der Waals surface area contributed by atoms with E-state index in [0.717, 1.165) is 24.7 Å². The molecule has 0 saturated carbocycles. The summed E-state index contributed by atoms with van der Waals surface area (Å²) in [5, 5.41) is 5.19. The van der Waals surface area contributed by atoms with Gasteiger partial charge in [0.1, 0.15) is 24.3 Å². The van der Waals surface area contributed by atoms with Crippen LogP contribution in [0.5, 0.6) is 0 Å². The zero-order valence-corrected chi connectivity index (χ0v) is 28.5. The molecule has 1 aliphatic rings. The Morgan fingerprint density at radius 3 is 2.15 bits per heavy atom. The van der Waals surface area contributed by atoms with Crippen molar-refractivity contribution in [3.63, 3.8) is 0 Å². The summed E-state index contributed by atoms with van der Waals surface area (Å²) in [6.45, 7) is 8.98. The number of hydrogen-bond donors (Lipinski definition) is 3. The fourth-order valence-corrected chi connectivity index (χ4v) is 5.82. The Kier molecular flexibility index (Phi) is 11.6. The number of Topliss-reactive ketones (excluding diaryl/α,β-unsaturated/α-hetero) is 1. The maximum absolute atomic E-state index is 14.3. The number of carbonyl (C=O) groups is 4. The van der Waals surface area contributed by atoms with Crippen LogP contribution in [-0.2, 0) is 38.5 Å². The van der Waals surface area contributed by atoms with Gasteiger partial charge >= 0.3 is 0 Å². The molecule has 0 bridgehead atoms. The summed E-state index contributed by atoms with van der Waals surface area (Å²) in [6, 6.07) is 14.6. The number of ether oxygens (including phenoxy) is 2. The van der Waals surface area contributed by atoms with Crippen molar-refractivity contribution in [3.05, 3.63) is 66.1 Å². The van der Waals surface area contributed by atoms with Gasteiger partial charge in [-0.3, -0.25) is 19.2 Å². The van der Waals surface area contributed by atoms with Crippen molar-refractivity contribution < 1.29 is 37.1 Å². The first-order valence-corrected chi connectivity index (χ1v) is 17.3. The van der Waals surface area contributed by atoms with Gasteiger partial charge in [-0.25, -0.2) is 8.42 Å². The van der Waals surface area contributed by atoms with Gasteiger partial charge < -0.3 is 25.8 Å². The monoisotopic (exact) mass is 656 g/mol. The second kappa shape index (κ2) is 14.4. The highest BCUT2D eigenvalue weighted by Crippen LogP contribution is 2.55. The molecule has 3 amide bonds. The Morgan fingerprint density at radius 2 is 1.61 bits per heavy atom. The number of nitrogens with two attached hydrogens (primary N) is 1. The zero-order chi connectivity index (χ0) is 34.5. The number of hydrogen-bond acceptors (Lipinski definition) is 8. The molecule has 46 heavy (non-hydrogen) atoms. The van der Waals surface area contributed by atoms with E-state index < -0.39 is 56.3 Å². The van der Waals surface area contributed by atoms with Gasteiger partial charge in [-0.1, -0.05) is 74.4 Å². The lowest BCUT2D eigenvalue weighted by Gasteiger charge is -2.35. The molecule has 251 valence electrons. The van der Waals surface area contributed by atoms with Gasteiger partial charge in [0.15, 0.2) is 21.2 Å². The molecule has 1 fully saturated rings. The third-order valence-electron chi connectivity index (χ3n) is 8.44. The number of amides is 3. The van der Waals surface area contributed by atoms with Crippen LogP contribution in [0.25, 0.3) is 11.1 Å². The van der Waals surface area contributed by atoms with Gasteiger partial charge in [0.2, 0.25) is 11.8 Å². The highest BCUT2D eigenvalue weighted by molar-refractivity contribution is 7.92. The lowest BCUT2D eigenvalue weighted by atomic mass is 9.77. The number of sulfone groups is 1. The molecule has 1 radical (unpaired) electrons. The molecule has 0 spiro atoms. The average molecular weight is 657 g/mol. The van der Waals surface area contributed by atoms with Crippen LogP contribution in [0.1, 0.15) is 72.8 Å². The van der Waals surface area contributed by atoms with Crippen molar-refractivity contribution in [1.82, 2.24) is 10.6 Å². The first-order chi connectivity index (χ1) is 21.4. The molecule has 1 aliphatic heterocycles. The van der Waals surface area contributed by atoms with Crippen molar-refractivity contribution in [2.24, 2.45) is 5.73 Å². The van der Waals surface area contributed by atoms with Crippen LogP contribution in [0, 0.1) is 5.92 Å². The molecule has 0 unspecified atom stereocenters. The van der Waals surface area contributed by atoms with Crippen LogP contribution >= 0.6 is 0 Å². The standard InChI is InChI=1S/C34H46N3O8S/c1-8-9-11-20-26(38)28(25-19-15-14-18-24(25)23-16-12-10-13-17-23)34(33(6,45-34)31(35)41)37-30(40)29(32(4,5)46(7,42)43)36-27(39)21-44-22(2)3/h10,12-19,22,29H,8-9,11,20-21H2,1-7H3,(H2,35,41)(H,36,39)(H,37,40)/t29-,33-,34+/m1/s1. The predicted molar refractivity (Wildman–Crippen MR) is 175 cm³/mol. The van der Waals surface area contributed by atoms with Crippen molar-refractivity contribution in [2.75, 3.05) is 12.9 Å². The molecule has 4 N–H and O–H groups in total. The number of benzene rings is 2. The first-order valence-electron chi connectivity index (χ1n) is 15.4. The van der Waals surface area contributed by atoms with Crippen LogP contribution in [0.15, 0.2) is 54.6 Å². The second-order valence-corrected chi connectivity index (χ2v) is 15.2. The number of nitrogens with one attached hydrogen (secondary N) is 2. The van der Waals surface area contributed by atoms with E-state index in [2.05, 4.69) is 10.6 Å². The molecule has 1 heterocycles. The van der Waals surface area contributed by atoms with Gasteiger partial charge in [0.05, 0.1) is 10.9 Å². The summed E-state index contributed by atoms with van der Waals surface area (Å²) < 4.78 is 35.5. The summed E-state index contributed by atoms with van der Waals surface area (Å²) in [7, 11) is -3.97. The first kappa shape index (κ1) is 36.9. The minimum atomic E-state index is -3.97. The van der Waals surface area contributed by atoms with Gasteiger partial charge in [-0.05, 0) is 57.7 Å². The van der Waals surface area contributed by atoms with Gasteiger partial charge in [-0.2, -0.15) is 0 Å². The van der Waals surface area contributed by atoms with E-state index in [4.69, 9.17) is 15.2 Å². The Hall–Kier alpha value is -3.61. The van der Waals surface area contributed by atoms with Gasteiger partial charge in [0.25, 0.3) is 5.91 Å². The molecular formula is C34H46N3O8S. The zero-order valence-electron chi connectivity index (χ0n) is 27.6. The van der Waals surface area contributed by atoms with Gasteiger partial charge in [0, 0.05) is 12.7 Å². The number of epoxide rings is 1. The largest absolute Gasteiger partial charge is 0.369 e. The van der Waals surface area contributed by atoms with Crippen molar-refractivity contribution >= 4 is 33.3 Å². The normalized spacial score (nSPS) is 20.3. The van der Waals surface area contributed by atoms with Crippen LogP contribution in [0.4, 0.5) is 0 Å². The third-order valence-corrected chi connectivity index (χ3v) is 10.6. The topological polar surface area (TPSA) is 174 Å². The van der Waals surface area contributed by atoms with Crippen LogP contribution < -0.4 is 16.4 Å². The molecule has 0 aliphatic carbocycles. The molecule has 3 rings (SSSR count). The molecule has 2 aromatic rings. The maximum atomic E-state index is 14.3. The number of primary amides is 1. The molecule has 12 heteroatoms. The molecule has 11 nitrogen and oxygen atoms in total. The van der Waals surface area contributed by atoms with E-state index in [1.54, 1.807) is 32.0 Å². The second-order valence-electron chi connectivity index (χ2n) is 12.6. The van der Waals surface area contributed by atoms with Crippen molar-refractivity contribution in [1.29, 1.82) is 0 Å². The molecular weight excluding hydrogens is 610 g/mol.